The van der Waals surface area contributed by atoms with Gasteiger partial charge in [0, 0.05) is 32.7 Å². The topological polar surface area (TPSA) is 26.3 Å². The molecule has 252 valence electrons. The Morgan fingerprint density at radius 3 is 1.93 bits per heavy atom. The van der Waals surface area contributed by atoms with Crippen molar-refractivity contribution in [3.05, 3.63) is 180 Å². The second-order valence-corrected chi connectivity index (χ2v) is 14.7. The molecule has 11 aromatic rings. The first kappa shape index (κ1) is 29.7. The number of fused-ring (bicyclic) bond motifs is 11. The summed E-state index contributed by atoms with van der Waals surface area (Å²) >= 11 is 0. The molecule has 2 nitrogen and oxygen atoms in total. The van der Waals surface area contributed by atoms with Gasteiger partial charge in [-0.3, -0.25) is 0 Å². The molecule has 0 fully saturated rings. The number of hydrogen-bond donors (Lipinski definition) is 0. The van der Waals surface area contributed by atoms with Gasteiger partial charge in [-0.05, 0) is 102 Å². The molecule has 1 aliphatic carbocycles. The zero-order valence-corrected chi connectivity index (χ0v) is 29.3. The third kappa shape index (κ3) is 4.28. The van der Waals surface area contributed by atoms with Crippen LogP contribution in [0, 0.1) is 0 Å². The Morgan fingerprint density at radius 1 is 0.426 bits per heavy atom. The van der Waals surface area contributed by atoms with Crippen molar-refractivity contribution in [2.24, 2.45) is 0 Å². The smallest absolute Gasteiger partial charge is 0.143 e. The highest BCUT2D eigenvalue weighted by atomic mass is 16.3. The molecular weight excluding hydrogens is 657 g/mol. The maximum absolute atomic E-state index is 6.67. The van der Waals surface area contributed by atoms with Gasteiger partial charge in [0.25, 0.3) is 0 Å². The lowest BCUT2D eigenvalue weighted by Crippen LogP contribution is -2.24. The highest BCUT2D eigenvalue weighted by Crippen LogP contribution is 2.46. The quantitative estimate of drug-likeness (QED) is 0.173. The summed E-state index contributed by atoms with van der Waals surface area (Å²) in [7, 11) is 0. The summed E-state index contributed by atoms with van der Waals surface area (Å²) in [5.41, 5.74) is 10.1. The van der Waals surface area contributed by atoms with Gasteiger partial charge in [0.2, 0.25) is 0 Å². The lowest BCUT2D eigenvalue weighted by Gasteiger charge is -2.20. The summed E-state index contributed by atoms with van der Waals surface area (Å²) in [5.74, 6) is 0.224. The minimum Gasteiger partial charge on any atom is -0.456 e. The number of para-hydroxylation sites is 1. The van der Waals surface area contributed by atoms with Gasteiger partial charge in [-0.1, -0.05) is 146 Å². The Bertz CT molecular complexity index is 3420. The second-order valence-electron chi connectivity index (χ2n) is 14.7. The van der Waals surface area contributed by atoms with Crippen LogP contribution in [0.15, 0.2) is 173 Å². The fraction of sp³-hybridized carbons (Fsp3) is 0.0385. The Balaban J connectivity index is 1.02. The van der Waals surface area contributed by atoms with Crippen LogP contribution in [0.25, 0.3) is 110 Å². The summed E-state index contributed by atoms with van der Waals surface area (Å²) in [5, 5.41) is 14.4. The second kappa shape index (κ2) is 11.3. The van der Waals surface area contributed by atoms with Crippen LogP contribution < -0.4 is 10.6 Å². The van der Waals surface area contributed by atoms with Crippen LogP contribution in [0.1, 0.15) is 17.9 Å². The van der Waals surface area contributed by atoms with E-state index in [-0.39, 0.29) is 5.92 Å². The third-order valence-electron chi connectivity index (χ3n) is 11.8. The van der Waals surface area contributed by atoms with Gasteiger partial charge in [-0.2, -0.15) is 0 Å². The monoisotopic (exact) mass is 688 g/mol. The van der Waals surface area contributed by atoms with Gasteiger partial charge in [-0.25, -0.2) is 0 Å². The maximum Gasteiger partial charge on any atom is 0.143 e. The fourth-order valence-corrected chi connectivity index (χ4v) is 9.29. The third-order valence-corrected chi connectivity index (χ3v) is 11.8. The largest absolute Gasteiger partial charge is 0.456 e. The predicted molar refractivity (Wildman–Crippen MR) is 226 cm³/mol. The molecule has 1 atom stereocenters. The van der Waals surface area contributed by atoms with Crippen LogP contribution in [0.3, 0.4) is 0 Å². The van der Waals surface area contributed by atoms with Gasteiger partial charge in [0.05, 0.1) is 0 Å². The van der Waals surface area contributed by atoms with Gasteiger partial charge in [0.1, 0.15) is 22.2 Å². The van der Waals surface area contributed by atoms with E-state index in [0.29, 0.717) is 0 Å². The fourth-order valence-electron chi connectivity index (χ4n) is 9.29. The molecule has 0 spiro atoms. The predicted octanol–water partition coefficient (Wildman–Crippen LogP) is 13.0. The van der Waals surface area contributed by atoms with E-state index in [1.807, 2.05) is 12.1 Å². The highest BCUT2D eigenvalue weighted by Gasteiger charge is 2.21. The average molecular weight is 689 g/mol. The normalized spacial score (nSPS) is 14.3. The molecule has 0 radical (unpaired) electrons. The molecule has 0 bridgehead atoms. The molecule has 0 saturated carbocycles. The Kier molecular flexibility index (Phi) is 6.20. The van der Waals surface area contributed by atoms with Crippen LogP contribution >= 0.6 is 0 Å². The summed E-state index contributed by atoms with van der Waals surface area (Å²) < 4.78 is 12.9. The Labute approximate surface area is 310 Å². The van der Waals surface area contributed by atoms with Crippen molar-refractivity contribution in [2.45, 2.75) is 12.3 Å². The van der Waals surface area contributed by atoms with E-state index in [9.17, 15) is 0 Å². The molecule has 2 heterocycles. The molecule has 1 aliphatic rings. The first-order valence-corrected chi connectivity index (χ1v) is 18.8. The Hall–Kier alpha value is -6.90. The molecule has 2 aromatic heterocycles. The van der Waals surface area contributed by atoms with Crippen molar-refractivity contribution in [2.75, 3.05) is 0 Å². The SMILES string of the molecule is C1=c2oc3c(ccc4cc5oc6ccccc6c5cc43)c2=CC(c2cccc(-c3c4ccccc4c(-c4cccc5ccccc45)c4ccccc34)c2)C1. The van der Waals surface area contributed by atoms with Crippen LogP contribution in [-0.2, 0) is 0 Å². The standard InChI is InChI=1S/C52H32O2/c1-2-15-36-31(11-1)12-10-21-38(36)51-41-19-5-3-17-39(41)50(40-18-4-6-20-42(40)51)35-14-9-13-32(27-35)33-24-26-48-45(28-33)43-25-23-34-29-49-46(30-44(34)52(43)54-48)37-16-7-8-22-47(37)53-49/h1-23,25-30,33H,24H2. The summed E-state index contributed by atoms with van der Waals surface area (Å²) in [6.07, 6.45) is 5.60. The van der Waals surface area contributed by atoms with Crippen LogP contribution in [0.2, 0.25) is 0 Å². The molecule has 12 rings (SSSR count). The van der Waals surface area contributed by atoms with Crippen molar-refractivity contribution >= 4 is 88.1 Å². The van der Waals surface area contributed by atoms with E-state index in [1.54, 1.807) is 0 Å². The first-order chi connectivity index (χ1) is 26.8. The van der Waals surface area contributed by atoms with Crippen molar-refractivity contribution in [3.63, 3.8) is 0 Å². The van der Waals surface area contributed by atoms with Gasteiger partial charge < -0.3 is 8.83 Å². The number of furan rings is 2. The lowest BCUT2D eigenvalue weighted by molar-refractivity contribution is 0.573. The molecule has 0 N–H and O–H groups in total. The van der Waals surface area contributed by atoms with E-state index >= 15 is 0 Å². The number of benzene rings is 9. The van der Waals surface area contributed by atoms with E-state index < -0.39 is 0 Å². The zero-order valence-electron chi connectivity index (χ0n) is 29.3. The summed E-state index contributed by atoms with van der Waals surface area (Å²) in [6, 6.07) is 59.6. The molecule has 54 heavy (non-hydrogen) atoms. The van der Waals surface area contributed by atoms with Crippen LogP contribution in [0.4, 0.5) is 0 Å². The minimum atomic E-state index is 0.224. The van der Waals surface area contributed by atoms with E-state index in [2.05, 4.69) is 164 Å². The molecule has 0 aliphatic heterocycles. The Morgan fingerprint density at radius 2 is 1.11 bits per heavy atom. The van der Waals surface area contributed by atoms with Crippen molar-refractivity contribution in [3.8, 4) is 22.3 Å². The van der Waals surface area contributed by atoms with Gasteiger partial charge >= 0.3 is 0 Å². The van der Waals surface area contributed by atoms with Gasteiger partial charge in [-0.15, -0.1) is 0 Å². The molecule has 1 unspecified atom stereocenters. The number of rotatable bonds is 3. The minimum absolute atomic E-state index is 0.224. The highest BCUT2D eigenvalue weighted by molar-refractivity contribution is 6.23. The van der Waals surface area contributed by atoms with Crippen LogP contribution in [0.5, 0.6) is 0 Å². The molecule has 0 saturated heterocycles. The molecule has 0 amide bonds. The zero-order chi connectivity index (χ0) is 35.3. The summed E-state index contributed by atoms with van der Waals surface area (Å²) in [6.45, 7) is 0. The van der Waals surface area contributed by atoms with E-state index in [0.717, 1.165) is 55.5 Å². The van der Waals surface area contributed by atoms with Gasteiger partial charge in [0.15, 0.2) is 0 Å². The van der Waals surface area contributed by atoms with Crippen LogP contribution in [-0.4, -0.2) is 0 Å². The number of hydrogen-bond acceptors (Lipinski definition) is 2. The molecule has 9 aromatic carbocycles. The van der Waals surface area contributed by atoms with E-state index in [4.69, 9.17) is 8.83 Å². The maximum atomic E-state index is 6.67. The summed E-state index contributed by atoms with van der Waals surface area (Å²) in [4.78, 5) is 0. The first-order valence-electron chi connectivity index (χ1n) is 18.8. The van der Waals surface area contributed by atoms with Crippen molar-refractivity contribution in [1.29, 1.82) is 0 Å². The lowest BCUT2D eigenvalue weighted by atomic mass is 9.83. The molecular formula is C52H32O2. The van der Waals surface area contributed by atoms with E-state index in [1.165, 1.54) is 65.4 Å². The van der Waals surface area contributed by atoms with Crippen molar-refractivity contribution in [1.82, 2.24) is 0 Å². The molecule has 2 heteroatoms. The van der Waals surface area contributed by atoms with Crippen molar-refractivity contribution < 1.29 is 8.83 Å². The average Bonchev–Trinajstić information content (AvgIpc) is 3.79.